The molecule has 2 fully saturated rings. The van der Waals surface area contributed by atoms with Gasteiger partial charge in [-0.1, -0.05) is 33.1 Å². The van der Waals surface area contributed by atoms with Gasteiger partial charge in [-0.2, -0.15) is 5.10 Å². The standard InChI is InChI=1S/C17H29N3/c1-3-18-16(17(2)10-11-17)13-14-9-12-20(19-14)15-7-5-4-6-8-15/h9,12,15-16,18H,3-8,10-11,13H2,1-2H3. The molecule has 2 aliphatic rings. The van der Waals surface area contributed by atoms with Crippen LogP contribution in [0.4, 0.5) is 0 Å². The fraction of sp³-hybridized carbons (Fsp3) is 0.824. The van der Waals surface area contributed by atoms with Crippen LogP contribution < -0.4 is 5.32 Å². The highest BCUT2D eigenvalue weighted by atomic mass is 15.3. The van der Waals surface area contributed by atoms with Gasteiger partial charge in [0.2, 0.25) is 0 Å². The number of hydrogen-bond donors (Lipinski definition) is 1. The summed E-state index contributed by atoms with van der Waals surface area (Å²) in [6.45, 7) is 5.68. The summed E-state index contributed by atoms with van der Waals surface area (Å²) < 4.78 is 2.24. The largest absolute Gasteiger partial charge is 0.313 e. The number of hydrogen-bond acceptors (Lipinski definition) is 2. The van der Waals surface area contributed by atoms with E-state index in [4.69, 9.17) is 5.10 Å². The van der Waals surface area contributed by atoms with E-state index in [1.807, 2.05) is 0 Å². The third-order valence-corrected chi connectivity index (χ3v) is 5.36. The SMILES string of the molecule is CCNC(Cc1ccn(C2CCCCC2)n1)C1(C)CC1. The third-order valence-electron chi connectivity index (χ3n) is 5.36. The van der Waals surface area contributed by atoms with Gasteiger partial charge in [-0.05, 0) is 43.7 Å². The van der Waals surface area contributed by atoms with Crippen LogP contribution in [0.5, 0.6) is 0 Å². The molecule has 112 valence electrons. The van der Waals surface area contributed by atoms with Gasteiger partial charge in [-0.15, -0.1) is 0 Å². The van der Waals surface area contributed by atoms with Crippen LogP contribution in [0, 0.1) is 5.41 Å². The molecular weight excluding hydrogens is 246 g/mol. The van der Waals surface area contributed by atoms with Crippen LogP contribution in [0.1, 0.15) is 70.5 Å². The summed E-state index contributed by atoms with van der Waals surface area (Å²) in [5.74, 6) is 0. The number of nitrogens with zero attached hydrogens (tertiary/aromatic N) is 2. The van der Waals surface area contributed by atoms with Crippen LogP contribution >= 0.6 is 0 Å². The summed E-state index contributed by atoms with van der Waals surface area (Å²) in [6.07, 6.45) is 12.8. The molecule has 3 nitrogen and oxygen atoms in total. The van der Waals surface area contributed by atoms with Gasteiger partial charge in [-0.3, -0.25) is 4.68 Å². The highest BCUT2D eigenvalue weighted by molar-refractivity contribution is 5.08. The average Bonchev–Trinajstić information content (AvgIpc) is 3.05. The van der Waals surface area contributed by atoms with Crippen LogP contribution in [0.15, 0.2) is 12.3 Å². The topological polar surface area (TPSA) is 29.9 Å². The Kier molecular flexibility index (Phi) is 4.16. The normalized spacial score (nSPS) is 23.7. The van der Waals surface area contributed by atoms with E-state index in [1.54, 1.807) is 0 Å². The molecule has 3 heteroatoms. The first-order chi connectivity index (χ1) is 9.71. The summed E-state index contributed by atoms with van der Waals surface area (Å²) in [7, 11) is 0. The summed E-state index contributed by atoms with van der Waals surface area (Å²) in [5, 5.41) is 8.55. The Labute approximate surface area is 123 Å². The predicted octanol–water partition coefficient (Wildman–Crippen LogP) is 3.71. The lowest BCUT2D eigenvalue weighted by molar-refractivity contribution is 0.323. The van der Waals surface area contributed by atoms with Crippen LogP contribution in [-0.4, -0.2) is 22.4 Å². The van der Waals surface area contributed by atoms with Crippen molar-refractivity contribution in [2.75, 3.05) is 6.54 Å². The van der Waals surface area contributed by atoms with Crippen LogP contribution in [0.2, 0.25) is 0 Å². The first kappa shape index (κ1) is 14.1. The molecule has 0 amide bonds. The molecule has 0 aliphatic heterocycles. The van der Waals surface area contributed by atoms with Crippen molar-refractivity contribution in [1.82, 2.24) is 15.1 Å². The number of nitrogens with one attached hydrogen (secondary N) is 1. The van der Waals surface area contributed by atoms with Gasteiger partial charge >= 0.3 is 0 Å². The molecule has 0 saturated heterocycles. The van der Waals surface area contributed by atoms with Crippen molar-refractivity contribution in [3.63, 3.8) is 0 Å². The van der Waals surface area contributed by atoms with Gasteiger partial charge < -0.3 is 5.32 Å². The maximum Gasteiger partial charge on any atom is 0.0640 e. The molecule has 1 aromatic rings. The molecule has 1 aromatic heterocycles. The van der Waals surface area contributed by atoms with Crippen molar-refractivity contribution < 1.29 is 0 Å². The van der Waals surface area contributed by atoms with E-state index >= 15 is 0 Å². The average molecular weight is 275 g/mol. The Morgan fingerprint density at radius 1 is 1.35 bits per heavy atom. The Morgan fingerprint density at radius 3 is 2.75 bits per heavy atom. The number of rotatable bonds is 6. The zero-order valence-corrected chi connectivity index (χ0v) is 13.1. The minimum Gasteiger partial charge on any atom is -0.313 e. The van der Waals surface area contributed by atoms with Crippen LogP contribution in [0.3, 0.4) is 0 Å². The van der Waals surface area contributed by atoms with Gasteiger partial charge in [0.1, 0.15) is 0 Å². The molecule has 1 atom stereocenters. The summed E-state index contributed by atoms with van der Waals surface area (Å²) in [6, 6.07) is 3.50. The fourth-order valence-electron chi connectivity index (χ4n) is 3.60. The Bertz CT molecular complexity index is 427. The van der Waals surface area contributed by atoms with E-state index in [2.05, 4.69) is 36.1 Å². The first-order valence-corrected chi connectivity index (χ1v) is 8.49. The van der Waals surface area contributed by atoms with Crippen molar-refractivity contribution >= 4 is 0 Å². The van der Waals surface area contributed by atoms with Crippen molar-refractivity contribution in [3.05, 3.63) is 18.0 Å². The minimum absolute atomic E-state index is 0.518. The van der Waals surface area contributed by atoms with Gasteiger partial charge in [0.15, 0.2) is 0 Å². The molecule has 3 rings (SSSR count). The molecule has 0 spiro atoms. The van der Waals surface area contributed by atoms with E-state index in [1.165, 1.54) is 50.6 Å². The minimum atomic E-state index is 0.518. The molecular formula is C17H29N3. The molecule has 1 unspecified atom stereocenters. The van der Waals surface area contributed by atoms with Crippen molar-refractivity contribution in [1.29, 1.82) is 0 Å². The van der Waals surface area contributed by atoms with Crippen LogP contribution in [0.25, 0.3) is 0 Å². The highest BCUT2D eigenvalue weighted by Gasteiger charge is 2.44. The summed E-state index contributed by atoms with van der Waals surface area (Å²) >= 11 is 0. The maximum atomic E-state index is 4.87. The highest BCUT2D eigenvalue weighted by Crippen LogP contribution is 2.48. The third kappa shape index (κ3) is 3.08. The maximum absolute atomic E-state index is 4.87. The Balaban J connectivity index is 1.63. The molecule has 0 aromatic carbocycles. The van der Waals surface area contributed by atoms with E-state index in [0.717, 1.165) is 13.0 Å². The second-order valence-corrected chi connectivity index (χ2v) is 7.05. The second-order valence-electron chi connectivity index (χ2n) is 7.05. The lowest BCUT2D eigenvalue weighted by Crippen LogP contribution is -2.38. The second kappa shape index (κ2) is 5.88. The van der Waals surface area contributed by atoms with Gasteiger partial charge in [0.25, 0.3) is 0 Å². The Morgan fingerprint density at radius 2 is 2.10 bits per heavy atom. The fourth-order valence-corrected chi connectivity index (χ4v) is 3.60. The number of aromatic nitrogens is 2. The smallest absolute Gasteiger partial charge is 0.0640 e. The number of likely N-dealkylation sites (N-methyl/N-ethyl adjacent to an activating group) is 1. The molecule has 2 aliphatic carbocycles. The lowest BCUT2D eigenvalue weighted by Gasteiger charge is -2.24. The molecule has 0 bridgehead atoms. The van der Waals surface area contributed by atoms with Crippen molar-refractivity contribution in [2.24, 2.45) is 5.41 Å². The van der Waals surface area contributed by atoms with E-state index in [9.17, 15) is 0 Å². The first-order valence-electron chi connectivity index (χ1n) is 8.49. The molecule has 20 heavy (non-hydrogen) atoms. The molecule has 1 heterocycles. The quantitative estimate of drug-likeness (QED) is 0.857. The summed E-state index contributed by atoms with van der Waals surface area (Å²) in [5.41, 5.74) is 1.79. The van der Waals surface area contributed by atoms with E-state index in [0.29, 0.717) is 17.5 Å². The Hall–Kier alpha value is -0.830. The lowest BCUT2D eigenvalue weighted by atomic mass is 9.94. The summed E-state index contributed by atoms with van der Waals surface area (Å²) in [4.78, 5) is 0. The molecule has 2 saturated carbocycles. The molecule has 1 N–H and O–H groups in total. The zero-order valence-electron chi connectivity index (χ0n) is 13.1. The van der Waals surface area contributed by atoms with Gasteiger partial charge in [-0.25, -0.2) is 0 Å². The van der Waals surface area contributed by atoms with E-state index in [-0.39, 0.29) is 0 Å². The van der Waals surface area contributed by atoms with E-state index < -0.39 is 0 Å². The van der Waals surface area contributed by atoms with Crippen molar-refractivity contribution in [2.45, 2.75) is 77.3 Å². The zero-order chi connectivity index (χ0) is 14.0. The predicted molar refractivity (Wildman–Crippen MR) is 82.9 cm³/mol. The van der Waals surface area contributed by atoms with Gasteiger partial charge in [0.05, 0.1) is 11.7 Å². The van der Waals surface area contributed by atoms with Crippen molar-refractivity contribution in [3.8, 4) is 0 Å². The van der Waals surface area contributed by atoms with Crippen LogP contribution in [-0.2, 0) is 6.42 Å². The van der Waals surface area contributed by atoms with Gasteiger partial charge in [0, 0.05) is 18.7 Å². The monoisotopic (exact) mass is 275 g/mol. The molecule has 0 radical (unpaired) electrons.